The molecule has 1 aliphatic heterocycles. The predicted octanol–water partition coefficient (Wildman–Crippen LogP) is 4.32. The molecule has 1 unspecified atom stereocenters. The van der Waals surface area contributed by atoms with Gasteiger partial charge >= 0.3 is 0 Å². The van der Waals surface area contributed by atoms with E-state index in [4.69, 9.17) is 0 Å². The maximum absolute atomic E-state index is 3.69. The first-order chi connectivity index (χ1) is 8.65. The number of anilines is 1. The van der Waals surface area contributed by atoms with Gasteiger partial charge in [-0.1, -0.05) is 42.0 Å². The van der Waals surface area contributed by atoms with Crippen LogP contribution in [-0.2, 0) is 6.42 Å². The molecule has 1 nitrogen and oxygen atoms in total. The Hall–Kier alpha value is -1.76. The zero-order chi connectivity index (χ0) is 12.7. The summed E-state index contributed by atoms with van der Waals surface area (Å²) in [6, 6.07) is 13.7. The summed E-state index contributed by atoms with van der Waals surface area (Å²) >= 11 is 0. The Kier molecular flexibility index (Phi) is 2.62. The van der Waals surface area contributed by atoms with Crippen LogP contribution in [-0.4, -0.2) is 0 Å². The fourth-order valence-corrected chi connectivity index (χ4v) is 2.78. The molecule has 0 radical (unpaired) electrons. The van der Waals surface area contributed by atoms with Crippen molar-refractivity contribution in [2.75, 3.05) is 5.32 Å². The van der Waals surface area contributed by atoms with Crippen LogP contribution in [0.5, 0.6) is 0 Å². The first-order valence-electron chi connectivity index (χ1n) is 6.57. The average molecular weight is 237 g/mol. The van der Waals surface area contributed by atoms with Crippen molar-refractivity contribution in [3.63, 3.8) is 0 Å². The summed E-state index contributed by atoms with van der Waals surface area (Å²) in [5.41, 5.74) is 8.28. The van der Waals surface area contributed by atoms with Crippen LogP contribution in [0.2, 0.25) is 0 Å². The molecule has 0 aliphatic carbocycles. The van der Waals surface area contributed by atoms with Crippen LogP contribution in [0.4, 0.5) is 5.69 Å². The first kappa shape index (κ1) is 11.3. The van der Waals surface area contributed by atoms with Crippen LogP contribution in [0.3, 0.4) is 0 Å². The maximum Gasteiger partial charge on any atom is 0.0555 e. The Morgan fingerprint density at radius 3 is 2.67 bits per heavy atom. The van der Waals surface area contributed by atoms with Crippen LogP contribution in [0.15, 0.2) is 36.4 Å². The Balaban J connectivity index is 1.96. The quantitative estimate of drug-likeness (QED) is 0.778. The summed E-state index contributed by atoms with van der Waals surface area (Å²) in [4.78, 5) is 0. The molecule has 3 rings (SSSR count). The second-order valence-electron chi connectivity index (χ2n) is 5.36. The number of rotatable bonds is 1. The van der Waals surface area contributed by atoms with Crippen molar-refractivity contribution in [3.8, 4) is 0 Å². The molecular formula is C17H19N. The van der Waals surface area contributed by atoms with Gasteiger partial charge in [0.15, 0.2) is 0 Å². The molecule has 0 aromatic heterocycles. The van der Waals surface area contributed by atoms with E-state index in [2.05, 4.69) is 62.5 Å². The molecular weight excluding hydrogens is 218 g/mol. The monoisotopic (exact) mass is 237 g/mol. The van der Waals surface area contributed by atoms with Gasteiger partial charge in [-0.05, 0) is 49.4 Å². The zero-order valence-electron chi connectivity index (χ0n) is 11.2. The van der Waals surface area contributed by atoms with Crippen molar-refractivity contribution in [1.29, 1.82) is 0 Å². The lowest BCUT2D eigenvalue weighted by Gasteiger charge is -2.13. The van der Waals surface area contributed by atoms with Gasteiger partial charge in [-0.2, -0.15) is 0 Å². The SMILES string of the molecule is Cc1cccc(C2Cc3ccc(C)c(C)c3N2)c1. The maximum atomic E-state index is 3.69. The molecule has 1 heterocycles. The normalized spacial score (nSPS) is 17.4. The molecule has 0 spiro atoms. The van der Waals surface area contributed by atoms with E-state index in [9.17, 15) is 0 Å². The van der Waals surface area contributed by atoms with E-state index in [1.807, 2.05) is 0 Å². The van der Waals surface area contributed by atoms with Gasteiger partial charge in [-0.25, -0.2) is 0 Å². The summed E-state index contributed by atoms with van der Waals surface area (Å²) in [6.07, 6.45) is 1.10. The Morgan fingerprint density at radius 1 is 1.06 bits per heavy atom. The lowest BCUT2D eigenvalue weighted by atomic mass is 9.99. The molecule has 0 saturated carbocycles. The molecule has 1 heteroatoms. The molecule has 1 atom stereocenters. The Labute approximate surface area is 109 Å². The smallest absolute Gasteiger partial charge is 0.0555 e. The molecule has 92 valence electrons. The Bertz CT molecular complexity index is 599. The van der Waals surface area contributed by atoms with E-state index in [1.165, 1.54) is 33.5 Å². The highest BCUT2D eigenvalue weighted by molar-refractivity contribution is 5.65. The van der Waals surface area contributed by atoms with Crippen LogP contribution in [0.25, 0.3) is 0 Å². The van der Waals surface area contributed by atoms with Crippen LogP contribution >= 0.6 is 0 Å². The van der Waals surface area contributed by atoms with Gasteiger partial charge in [-0.3, -0.25) is 0 Å². The van der Waals surface area contributed by atoms with Crippen molar-refractivity contribution >= 4 is 5.69 Å². The molecule has 1 N–H and O–H groups in total. The molecule has 0 saturated heterocycles. The van der Waals surface area contributed by atoms with E-state index >= 15 is 0 Å². The van der Waals surface area contributed by atoms with Gasteiger partial charge in [-0.15, -0.1) is 0 Å². The van der Waals surface area contributed by atoms with E-state index in [-0.39, 0.29) is 0 Å². The Morgan fingerprint density at radius 2 is 1.89 bits per heavy atom. The summed E-state index contributed by atoms with van der Waals surface area (Å²) < 4.78 is 0. The van der Waals surface area contributed by atoms with Gasteiger partial charge in [0.25, 0.3) is 0 Å². The largest absolute Gasteiger partial charge is 0.377 e. The molecule has 2 aromatic carbocycles. The number of nitrogens with one attached hydrogen (secondary N) is 1. The third-order valence-corrected chi connectivity index (χ3v) is 4.01. The third kappa shape index (κ3) is 1.80. The van der Waals surface area contributed by atoms with Gasteiger partial charge in [0.2, 0.25) is 0 Å². The van der Waals surface area contributed by atoms with Crippen molar-refractivity contribution in [1.82, 2.24) is 0 Å². The second-order valence-corrected chi connectivity index (χ2v) is 5.36. The van der Waals surface area contributed by atoms with Crippen LogP contribution in [0, 0.1) is 20.8 Å². The number of hydrogen-bond donors (Lipinski definition) is 1. The number of benzene rings is 2. The standard InChI is InChI=1S/C17H19N/c1-11-5-4-6-14(9-11)16-10-15-8-7-12(2)13(3)17(15)18-16/h4-9,16,18H,10H2,1-3H3. The fraction of sp³-hybridized carbons (Fsp3) is 0.294. The lowest BCUT2D eigenvalue weighted by Crippen LogP contribution is -2.06. The van der Waals surface area contributed by atoms with Crippen molar-refractivity contribution < 1.29 is 0 Å². The van der Waals surface area contributed by atoms with E-state index in [1.54, 1.807) is 0 Å². The summed E-state index contributed by atoms with van der Waals surface area (Å²) in [6.45, 7) is 6.54. The minimum Gasteiger partial charge on any atom is -0.377 e. The average Bonchev–Trinajstić information content (AvgIpc) is 2.79. The van der Waals surface area contributed by atoms with Gasteiger partial charge in [0, 0.05) is 5.69 Å². The van der Waals surface area contributed by atoms with E-state index in [0.29, 0.717) is 6.04 Å². The zero-order valence-corrected chi connectivity index (χ0v) is 11.2. The van der Waals surface area contributed by atoms with Gasteiger partial charge in [0.1, 0.15) is 0 Å². The molecule has 1 aliphatic rings. The molecule has 2 aromatic rings. The minimum absolute atomic E-state index is 0.431. The molecule has 0 bridgehead atoms. The minimum atomic E-state index is 0.431. The van der Waals surface area contributed by atoms with Crippen LogP contribution in [0.1, 0.15) is 33.9 Å². The highest BCUT2D eigenvalue weighted by atomic mass is 15.0. The topological polar surface area (TPSA) is 12.0 Å². The van der Waals surface area contributed by atoms with Crippen molar-refractivity contribution in [3.05, 3.63) is 64.2 Å². The summed E-state index contributed by atoms with van der Waals surface area (Å²) in [5, 5.41) is 3.69. The number of hydrogen-bond acceptors (Lipinski definition) is 1. The molecule has 0 amide bonds. The van der Waals surface area contributed by atoms with E-state index < -0.39 is 0 Å². The fourth-order valence-electron chi connectivity index (χ4n) is 2.78. The third-order valence-electron chi connectivity index (χ3n) is 4.01. The second kappa shape index (κ2) is 4.16. The highest BCUT2D eigenvalue weighted by Crippen LogP contribution is 2.37. The van der Waals surface area contributed by atoms with Crippen molar-refractivity contribution in [2.45, 2.75) is 33.2 Å². The first-order valence-corrected chi connectivity index (χ1v) is 6.57. The van der Waals surface area contributed by atoms with E-state index in [0.717, 1.165) is 6.42 Å². The predicted molar refractivity (Wildman–Crippen MR) is 77.2 cm³/mol. The van der Waals surface area contributed by atoms with Crippen molar-refractivity contribution in [2.24, 2.45) is 0 Å². The van der Waals surface area contributed by atoms with Gasteiger partial charge < -0.3 is 5.32 Å². The summed E-state index contributed by atoms with van der Waals surface area (Å²) in [7, 11) is 0. The summed E-state index contributed by atoms with van der Waals surface area (Å²) in [5.74, 6) is 0. The number of aryl methyl sites for hydroxylation is 2. The molecule has 0 fully saturated rings. The lowest BCUT2D eigenvalue weighted by molar-refractivity contribution is 0.823. The highest BCUT2D eigenvalue weighted by Gasteiger charge is 2.23. The van der Waals surface area contributed by atoms with Gasteiger partial charge in [0.05, 0.1) is 6.04 Å². The van der Waals surface area contributed by atoms with Crippen LogP contribution < -0.4 is 5.32 Å². The molecule has 18 heavy (non-hydrogen) atoms. The number of fused-ring (bicyclic) bond motifs is 1.